The molecule has 3 atom stereocenters. The Bertz CT molecular complexity index is 252. The summed E-state index contributed by atoms with van der Waals surface area (Å²) >= 11 is 0. The molecule has 2 N–H and O–H groups in total. The highest BCUT2D eigenvalue weighted by Crippen LogP contribution is 2.15. The maximum absolute atomic E-state index is 12.0. The largest absolute Gasteiger partial charge is 0.376 e. The fraction of sp³-hybridized carbons (Fsp3) is 0.923. The van der Waals surface area contributed by atoms with E-state index >= 15 is 0 Å². The minimum Gasteiger partial charge on any atom is -0.376 e. The van der Waals surface area contributed by atoms with Gasteiger partial charge in [-0.15, -0.1) is 0 Å². The summed E-state index contributed by atoms with van der Waals surface area (Å²) in [5, 5.41) is 6.30. The second-order valence-electron chi connectivity index (χ2n) is 5.37. The molecule has 0 spiro atoms. The van der Waals surface area contributed by atoms with Gasteiger partial charge in [0.2, 0.25) is 5.91 Å². The number of hydrogen-bond acceptors (Lipinski definition) is 3. The molecule has 1 amide bonds. The predicted octanol–water partition coefficient (Wildman–Crippen LogP) is 1.06. The first kappa shape index (κ1) is 12.8. The Morgan fingerprint density at radius 1 is 1.41 bits per heavy atom. The summed E-state index contributed by atoms with van der Waals surface area (Å²) < 4.78 is 5.60. The van der Waals surface area contributed by atoms with E-state index in [1.165, 1.54) is 12.8 Å². The van der Waals surface area contributed by atoms with Gasteiger partial charge in [-0.3, -0.25) is 4.79 Å². The van der Waals surface area contributed by atoms with E-state index < -0.39 is 0 Å². The summed E-state index contributed by atoms with van der Waals surface area (Å²) in [6.45, 7) is 4.69. The van der Waals surface area contributed by atoms with Gasteiger partial charge < -0.3 is 15.4 Å². The minimum atomic E-state index is 0.00217. The smallest absolute Gasteiger partial charge is 0.237 e. The number of ether oxygens (including phenoxy) is 1. The van der Waals surface area contributed by atoms with Crippen LogP contribution in [-0.2, 0) is 9.53 Å². The summed E-state index contributed by atoms with van der Waals surface area (Å²) in [4.78, 5) is 12.0. The third-order valence-corrected chi connectivity index (χ3v) is 3.76. The van der Waals surface area contributed by atoms with E-state index in [2.05, 4.69) is 17.6 Å². The molecule has 2 fully saturated rings. The standard InChI is InChI=1S/C13H24N2O2/c1-10-5-6-14-12(8-10)13(16)15-9-11-4-2-3-7-17-11/h10-12,14H,2-9H2,1H3,(H,15,16). The molecular weight excluding hydrogens is 216 g/mol. The quantitative estimate of drug-likeness (QED) is 0.775. The molecule has 17 heavy (non-hydrogen) atoms. The number of hydrogen-bond donors (Lipinski definition) is 2. The SMILES string of the molecule is CC1CCNC(C(=O)NCC2CCCCO2)C1. The van der Waals surface area contributed by atoms with Crippen molar-refractivity contribution in [2.45, 2.75) is 51.2 Å². The highest BCUT2D eigenvalue weighted by atomic mass is 16.5. The van der Waals surface area contributed by atoms with Crippen molar-refractivity contribution in [2.24, 2.45) is 5.92 Å². The second-order valence-corrected chi connectivity index (χ2v) is 5.37. The third-order valence-electron chi connectivity index (χ3n) is 3.76. The molecule has 0 saturated carbocycles. The number of amides is 1. The first-order chi connectivity index (χ1) is 8.25. The van der Waals surface area contributed by atoms with Crippen molar-refractivity contribution in [1.29, 1.82) is 0 Å². The molecule has 3 unspecified atom stereocenters. The Morgan fingerprint density at radius 3 is 3.00 bits per heavy atom. The van der Waals surface area contributed by atoms with E-state index in [-0.39, 0.29) is 18.1 Å². The van der Waals surface area contributed by atoms with Crippen LogP contribution in [0.3, 0.4) is 0 Å². The molecule has 2 aliphatic heterocycles. The van der Waals surface area contributed by atoms with Crippen LogP contribution in [0.25, 0.3) is 0 Å². The molecule has 2 aliphatic rings. The van der Waals surface area contributed by atoms with Gasteiger partial charge in [-0.05, 0) is 44.6 Å². The van der Waals surface area contributed by atoms with Gasteiger partial charge in [-0.1, -0.05) is 6.92 Å². The van der Waals surface area contributed by atoms with Crippen LogP contribution in [0, 0.1) is 5.92 Å². The number of nitrogens with one attached hydrogen (secondary N) is 2. The lowest BCUT2D eigenvalue weighted by Gasteiger charge is -2.28. The van der Waals surface area contributed by atoms with Crippen LogP contribution >= 0.6 is 0 Å². The van der Waals surface area contributed by atoms with E-state index in [0.717, 1.165) is 32.4 Å². The average Bonchev–Trinajstić information content (AvgIpc) is 2.37. The number of carbonyl (C=O) groups excluding carboxylic acids is 1. The highest BCUT2D eigenvalue weighted by molar-refractivity contribution is 5.81. The molecule has 0 aromatic rings. The first-order valence-corrected chi connectivity index (χ1v) is 6.88. The van der Waals surface area contributed by atoms with E-state index in [9.17, 15) is 4.79 Å². The minimum absolute atomic E-state index is 0.00217. The van der Waals surface area contributed by atoms with Crippen LogP contribution in [0.15, 0.2) is 0 Å². The Balaban J connectivity index is 1.69. The van der Waals surface area contributed by atoms with Crippen LogP contribution < -0.4 is 10.6 Å². The zero-order chi connectivity index (χ0) is 12.1. The Hall–Kier alpha value is -0.610. The topological polar surface area (TPSA) is 50.4 Å². The summed E-state index contributed by atoms with van der Waals surface area (Å²) in [5.41, 5.74) is 0. The number of carbonyl (C=O) groups is 1. The lowest BCUT2D eigenvalue weighted by atomic mass is 9.94. The van der Waals surface area contributed by atoms with Crippen molar-refractivity contribution in [1.82, 2.24) is 10.6 Å². The van der Waals surface area contributed by atoms with Crippen molar-refractivity contribution in [3.8, 4) is 0 Å². The summed E-state index contributed by atoms with van der Waals surface area (Å²) in [6.07, 6.45) is 5.82. The van der Waals surface area contributed by atoms with Crippen molar-refractivity contribution in [3.63, 3.8) is 0 Å². The number of piperidine rings is 1. The van der Waals surface area contributed by atoms with Crippen molar-refractivity contribution in [3.05, 3.63) is 0 Å². The molecule has 2 rings (SSSR count). The summed E-state index contributed by atoms with van der Waals surface area (Å²) in [6, 6.07) is 0.00217. The average molecular weight is 240 g/mol. The third kappa shape index (κ3) is 3.96. The van der Waals surface area contributed by atoms with Gasteiger partial charge in [-0.2, -0.15) is 0 Å². The molecule has 0 radical (unpaired) electrons. The Kier molecular flexibility index (Phi) is 4.80. The van der Waals surface area contributed by atoms with Gasteiger partial charge in [0.15, 0.2) is 0 Å². The van der Waals surface area contributed by atoms with Gasteiger partial charge in [0, 0.05) is 13.2 Å². The Morgan fingerprint density at radius 2 is 2.29 bits per heavy atom. The molecule has 4 nitrogen and oxygen atoms in total. The molecule has 0 aromatic heterocycles. The van der Waals surface area contributed by atoms with E-state index in [4.69, 9.17) is 4.74 Å². The maximum atomic E-state index is 12.0. The summed E-state index contributed by atoms with van der Waals surface area (Å²) in [5.74, 6) is 0.795. The molecule has 2 saturated heterocycles. The molecule has 2 heterocycles. The summed E-state index contributed by atoms with van der Waals surface area (Å²) in [7, 11) is 0. The predicted molar refractivity (Wildman–Crippen MR) is 66.8 cm³/mol. The van der Waals surface area contributed by atoms with Gasteiger partial charge in [0.05, 0.1) is 12.1 Å². The highest BCUT2D eigenvalue weighted by Gasteiger charge is 2.25. The molecule has 4 heteroatoms. The zero-order valence-corrected chi connectivity index (χ0v) is 10.7. The van der Waals surface area contributed by atoms with Crippen molar-refractivity contribution in [2.75, 3.05) is 19.7 Å². The molecule has 98 valence electrons. The normalized spacial score (nSPS) is 34.3. The number of rotatable bonds is 3. The van der Waals surface area contributed by atoms with Gasteiger partial charge in [0.25, 0.3) is 0 Å². The zero-order valence-electron chi connectivity index (χ0n) is 10.7. The van der Waals surface area contributed by atoms with E-state index in [1.54, 1.807) is 0 Å². The van der Waals surface area contributed by atoms with Crippen LogP contribution in [0.2, 0.25) is 0 Å². The fourth-order valence-corrected chi connectivity index (χ4v) is 2.61. The monoisotopic (exact) mass is 240 g/mol. The fourth-order valence-electron chi connectivity index (χ4n) is 2.61. The maximum Gasteiger partial charge on any atom is 0.237 e. The lowest BCUT2D eigenvalue weighted by molar-refractivity contribution is -0.124. The molecule has 0 aliphatic carbocycles. The first-order valence-electron chi connectivity index (χ1n) is 6.88. The van der Waals surface area contributed by atoms with E-state index in [1.807, 2.05) is 0 Å². The molecule has 0 aromatic carbocycles. The van der Waals surface area contributed by atoms with Crippen LogP contribution in [0.5, 0.6) is 0 Å². The molecule has 0 bridgehead atoms. The Labute approximate surface area is 103 Å². The van der Waals surface area contributed by atoms with Crippen LogP contribution in [-0.4, -0.2) is 37.7 Å². The van der Waals surface area contributed by atoms with Crippen LogP contribution in [0.1, 0.15) is 39.0 Å². The van der Waals surface area contributed by atoms with Gasteiger partial charge in [0.1, 0.15) is 0 Å². The second kappa shape index (κ2) is 6.36. The van der Waals surface area contributed by atoms with Gasteiger partial charge >= 0.3 is 0 Å². The van der Waals surface area contributed by atoms with Gasteiger partial charge in [-0.25, -0.2) is 0 Å². The molecular formula is C13H24N2O2. The van der Waals surface area contributed by atoms with Crippen molar-refractivity contribution < 1.29 is 9.53 Å². The van der Waals surface area contributed by atoms with Crippen LogP contribution in [0.4, 0.5) is 0 Å². The lowest BCUT2D eigenvalue weighted by Crippen LogP contribution is -2.50. The van der Waals surface area contributed by atoms with Crippen molar-refractivity contribution >= 4 is 5.91 Å². The van der Waals surface area contributed by atoms with E-state index in [0.29, 0.717) is 12.5 Å².